The second kappa shape index (κ2) is 9.01. The van der Waals surface area contributed by atoms with Gasteiger partial charge in [-0.1, -0.05) is 16.8 Å². The molecule has 1 aromatic heterocycles. The van der Waals surface area contributed by atoms with Gasteiger partial charge in [0.2, 0.25) is 17.6 Å². The van der Waals surface area contributed by atoms with Crippen molar-refractivity contribution in [3.8, 4) is 11.4 Å². The van der Waals surface area contributed by atoms with Gasteiger partial charge in [-0.2, -0.15) is 4.98 Å². The molecule has 130 valence electrons. The lowest BCUT2D eigenvalue weighted by molar-refractivity contribution is -0.125. The third-order valence-electron chi connectivity index (χ3n) is 3.88. The molecule has 8 heteroatoms. The van der Waals surface area contributed by atoms with E-state index in [1.807, 2.05) is 12.1 Å². The van der Waals surface area contributed by atoms with Crippen molar-refractivity contribution in [2.45, 2.75) is 19.3 Å². The van der Waals surface area contributed by atoms with Gasteiger partial charge in [0.25, 0.3) is 0 Å². The van der Waals surface area contributed by atoms with Crippen molar-refractivity contribution in [2.75, 3.05) is 19.6 Å². The molecule has 0 saturated carbocycles. The van der Waals surface area contributed by atoms with Crippen LogP contribution in [0.4, 0.5) is 0 Å². The highest BCUT2D eigenvalue weighted by atomic mass is 35.5. The number of carbonyl (C=O) groups is 1. The van der Waals surface area contributed by atoms with Crippen molar-refractivity contribution >= 4 is 29.9 Å². The van der Waals surface area contributed by atoms with Crippen LogP contribution in [0.15, 0.2) is 28.8 Å². The summed E-state index contributed by atoms with van der Waals surface area (Å²) in [7, 11) is 0. The lowest BCUT2D eigenvalue weighted by Gasteiger charge is -2.21. The Morgan fingerprint density at radius 1 is 1.38 bits per heavy atom. The minimum Gasteiger partial charge on any atom is -0.355 e. The molecule has 1 aliphatic heterocycles. The quantitative estimate of drug-likeness (QED) is 0.844. The molecular formula is C16H20Cl2N4O2. The van der Waals surface area contributed by atoms with Crippen LogP contribution in [0.5, 0.6) is 0 Å². The molecule has 0 aliphatic carbocycles. The molecule has 24 heavy (non-hydrogen) atoms. The lowest BCUT2D eigenvalue weighted by atomic mass is 9.99. The second-order valence-corrected chi connectivity index (χ2v) is 6.04. The molecule has 1 atom stereocenters. The first-order valence-corrected chi connectivity index (χ1v) is 8.17. The van der Waals surface area contributed by atoms with Crippen molar-refractivity contribution in [2.24, 2.45) is 5.92 Å². The van der Waals surface area contributed by atoms with Crippen LogP contribution in [0, 0.1) is 5.92 Å². The molecule has 1 amide bonds. The molecule has 0 radical (unpaired) electrons. The standard InChI is InChI=1S/C16H19ClN4O2.ClH/c17-13-5-3-11(4-6-13)15-20-14(23-21-15)7-9-19-16(22)12-2-1-8-18-10-12;/h3-6,12,18H,1-2,7-10H2,(H,19,22);1H. The highest BCUT2D eigenvalue weighted by Crippen LogP contribution is 2.18. The summed E-state index contributed by atoms with van der Waals surface area (Å²) in [6.45, 7) is 2.25. The number of carbonyl (C=O) groups excluding carboxylic acids is 1. The Hall–Kier alpha value is -1.63. The van der Waals surface area contributed by atoms with Gasteiger partial charge in [-0.3, -0.25) is 4.79 Å². The Labute approximate surface area is 151 Å². The van der Waals surface area contributed by atoms with E-state index >= 15 is 0 Å². The Kier molecular flexibility index (Phi) is 7.02. The number of hydrogen-bond acceptors (Lipinski definition) is 5. The van der Waals surface area contributed by atoms with Crippen LogP contribution < -0.4 is 10.6 Å². The van der Waals surface area contributed by atoms with Crippen molar-refractivity contribution < 1.29 is 9.32 Å². The molecule has 1 aromatic carbocycles. The van der Waals surface area contributed by atoms with Crippen molar-refractivity contribution in [1.29, 1.82) is 0 Å². The zero-order valence-corrected chi connectivity index (χ0v) is 14.7. The number of aromatic nitrogens is 2. The fourth-order valence-corrected chi connectivity index (χ4v) is 2.71. The van der Waals surface area contributed by atoms with Crippen LogP contribution in [0.1, 0.15) is 18.7 Å². The Balaban J connectivity index is 0.00000208. The number of nitrogens with one attached hydrogen (secondary N) is 2. The maximum Gasteiger partial charge on any atom is 0.228 e. The van der Waals surface area contributed by atoms with E-state index in [1.165, 1.54) is 0 Å². The van der Waals surface area contributed by atoms with E-state index in [1.54, 1.807) is 12.1 Å². The Morgan fingerprint density at radius 3 is 2.88 bits per heavy atom. The Morgan fingerprint density at radius 2 is 2.17 bits per heavy atom. The molecule has 1 unspecified atom stereocenters. The van der Waals surface area contributed by atoms with Crippen LogP contribution in [-0.4, -0.2) is 35.7 Å². The minimum absolute atomic E-state index is 0. The van der Waals surface area contributed by atoms with Gasteiger partial charge in [0.1, 0.15) is 0 Å². The predicted molar refractivity (Wildman–Crippen MR) is 94.3 cm³/mol. The molecule has 0 bridgehead atoms. The minimum atomic E-state index is 0. The van der Waals surface area contributed by atoms with Crippen LogP contribution in [0.25, 0.3) is 11.4 Å². The number of piperidine rings is 1. The average molecular weight is 371 g/mol. The summed E-state index contributed by atoms with van der Waals surface area (Å²) in [5, 5.41) is 10.8. The summed E-state index contributed by atoms with van der Waals surface area (Å²) in [5.74, 6) is 1.20. The molecule has 1 fully saturated rings. The van der Waals surface area contributed by atoms with E-state index < -0.39 is 0 Å². The smallest absolute Gasteiger partial charge is 0.228 e. The summed E-state index contributed by atoms with van der Waals surface area (Å²) >= 11 is 5.86. The van der Waals surface area contributed by atoms with E-state index in [0.29, 0.717) is 29.7 Å². The van der Waals surface area contributed by atoms with E-state index in [0.717, 1.165) is 31.5 Å². The van der Waals surface area contributed by atoms with Gasteiger partial charge in [0.15, 0.2) is 0 Å². The predicted octanol–water partition coefficient (Wildman–Crippen LogP) is 2.47. The summed E-state index contributed by atoms with van der Waals surface area (Å²) in [5.41, 5.74) is 0.849. The Bertz CT molecular complexity index is 654. The molecule has 2 N–H and O–H groups in total. The maximum atomic E-state index is 12.0. The third kappa shape index (κ3) is 4.93. The van der Waals surface area contributed by atoms with Crippen LogP contribution in [0.2, 0.25) is 5.02 Å². The normalized spacial score (nSPS) is 17.1. The van der Waals surface area contributed by atoms with Gasteiger partial charge in [0, 0.05) is 30.1 Å². The maximum absolute atomic E-state index is 12.0. The first-order chi connectivity index (χ1) is 11.2. The SMILES string of the molecule is Cl.O=C(NCCc1nc(-c2ccc(Cl)cc2)no1)C1CCCNC1. The van der Waals surface area contributed by atoms with E-state index in [9.17, 15) is 4.79 Å². The highest BCUT2D eigenvalue weighted by Gasteiger charge is 2.20. The number of rotatable bonds is 5. The fraction of sp³-hybridized carbons (Fsp3) is 0.438. The second-order valence-electron chi connectivity index (χ2n) is 5.60. The first kappa shape index (κ1) is 18.7. The van der Waals surface area contributed by atoms with Crippen molar-refractivity contribution in [3.05, 3.63) is 35.2 Å². The number of hydrogen-bond donors (Lipinski definition) is 2. The molecule has 1 aliphatic rings. The van der Waals surface area contributed by atoms with Gasteiger partial charge in [0.05, 0.1) is 5.92 Å². The van der Waals surface area contributed by atoms with Gasteiger partial charge in [-0.05, 0) is 43.7 Å². The summed E-state index contributed by atoms with van der Waals surface area (Å²) < 4.78 is 5.22. The van der Waals surface area contributed by atoms with E-state index in [2.05, 4.69) is 20.8 Å². The zero-order valence-electron chi connectivity index (χ0n) is 13.1. The zero-order chi connectivity index (χ0) is 16.1. The van der Waals surface area contributed by atoms with Crippen molar-refractivity contribution in [1.82, 2.24) is 20.8 Å². The number of benzene rings is 1. The lowest BCUT2D eigenvalue weighted by Crippen LogP contribution is -2.41. The third-order valence-corrected chi connectivity index (χ3v) is 4.13. The fourth-order valence-electron chi connectivity index (χ4n) is 2.59. The number of halogens is 2. The summed E-state index contributed by atoms with van der Waals surface area (Å²) in [4.78, 5) is 16.4. The van der Waals surface area contributed by atoms with Gasteiger partial charge in [-0.25, -0.2) is 0 Å². The molecule has 2 aromatic rings. The molecule has 6 nitrogen and oxygen atoms in total. The first-order valence-electron chi connectivity index (χ1n) is 7.79. The molecular weight excluding hydrogens is 351 g/mol. The van der Waals surface area contributed by atoms with Gasteiger partial charge < -0.3 is 15.2 Å². The summed E-state index contributed by atoms with van der Waals surface area (Å²) in [6.07, 6.45) is 2.51. The number of nitrogens with zero attached hydrogens (tertiary/aromatic N) is 2. The van der Waals surface area contributed by atoms with Crippen LogP contribution in [0.3, 0.4) is 0 Å². The molecule has 1 saturated heterocycles. The largest absolute Gasteiger partial charge is 0.355 e. The van der Waals surface area contributed by atoms with E-state index in [-0.39, 0.29) is 24.2 Å². The van der Waals surface area contributed by atoms with Gasteiger partial charge >= 0.3 is 0 Å². The molecule has 2 heterocycles. The monoisotopic (exact) mass is 370 g/mol. The topological polar surface area (TPSA) is 80.1 Å². The molecule has 3 rings (SSSR count). The van der Waals surface area contributed by atoms with Crippen LogP contribution in [-0.2, 0) is 11.2 Å². The highest BCUT2D eigenvalue weighted by molar-refractivity contribution is 6.30. The summed E-state index contributed by atoms with van der Waals surface area (Å²) in [6, 6.07) is 7.25. The number of amides is 1. The van der Waals surface area contributed by atoms with Crippen LogP contribution >= 0.6 is 24.0 Å². The van der Waals surface area contributed by atoms with E-state index in [4.69, 9.17) is 16.1 Å². The van der Waals surface area contributed by atoms with Gasteiger partial charge in [-0.15, -0.1) is 12.4 Å². The molecule has 0 spiro atoms. The van der Waals surface area contributed by atoms with Crippen molar-refractivity contribution in [3.63, 3.8) is 0 Å². The average Bonchev–Trinajstić information content (AvgIpc) is 3.05.